The van der Waals surface area contributed by atoms with Gasteiger partial charge in [0.1, 0.15) is 5.52 Å². The fourth-order valence-corrected chi connectivity index (χ4v) is 4.09. The van der Waals surface area contributed by atoms with Gasteiger partial charge in [-0.25, -0.2) is 4.98 Å². The third kappa shape index (κ3) is 2.05. The average Bonchev–Trinajstić information content (AvgIpc) is 3.11. The van der Waals surface area contributed by atoms with Gasteiger partial charge in [0.25, 0.3) is 0 Å². The van der Waals surface area contributed by atoms with Gasteiger partial charge in [-0.2, -0.15) is 0 Å². The zero-order chi connectivity index (χ0) is 13.5. The monoisotopic (exact) mass is 284 g/mol. The third-order valence-corrected chi connectivity index (χ3v) is 5.23. The molecule has 0 radical (unpaired) electrons. The summed E-state index contributed by atoms with van der Waals surface area (Å²) in [6, 6.07) is 10.1. The summed E-state index contributed by atoms with van der Waals surface area (Å²) in [6.45, 7) is 0. The summed E-state index contributed by atoms with van der Waals surface area (Å²) >= 11 is 1.86. The minimum absolute atomic E-state index is 0.0151. The number of nitrogens with two attached hydrogens (primary N) is 1. The number of aryl methyl sites for hydroxylation is 2. The number of nitrogens with zero attached hydrogens (tertiary/aromatic N) is 1. The molecule has 1 aromatic carbocycles. The van der Waals surface area contributed by atoms with Crippen LogP contribution in [0.15, 0.2) is 34.7 Å². The van der Waals surface area contributed by atoms with Crippen LogP contribution >= 0.6 is 11.3 Å². The van der Waals surface area contributed by atoms with Gasteiger partial charge in [0.05, 0.1) is 0 Å². The average molecular weight is 284 g/mol. The Hall–Kier alpha value is -1.65. The molecular weight excluding hydrogens is 268 g/mol. The molecule has 4 rings (SSSR count). The van der Waals surface area contributed by atoms with E-state index < -0.39 is 0 Å². The van der Waals surface area contributed by atoms with Crippen molar-refractivity contribution in [2.45, 2.75) is 31.7 Å². The Labute approximate surface area is 121 Å². The first-order valence-electron chi connectivity index (χ1n) is 7.01. The molecule has 2 heterocycles. The highest BCUT2D eigenvalue weighted by atomic mass is 32.1. The number of benzene rings is 1. The van der Waals surface area contributed by atoms with Gasteiger partial charge in [-0.3, -0.25) is 0 Å². The van der Waals surface area contributed by atoms with E-state index in [-0.39, 0.29) is 6.04 Å². The molecule has 1 atom stereocenters. The van der Waals surface area contributed by atoms with E-state index in [1.807, 2.05) is 35.6 Å². The largest absolute Gasteiger partial charge is 0.441 e. The Morgan fingerprint density at radius 1 is 1.30 bits per heavy atom. The number of hydrogen-bond donors (Lipinski definition) is 1. The van der Waals surface area contributed by atoms with Crippen molar-refractivity contribution in [3.63, 3.8) is 0 Å². The van der Waals surface area contributed by atoms with Gasteiger partial charge >= 0.3 is 0 Å². The summed E-state index contributed by atoms with van der Waals surface area (Å²) in [4.78, 5) is 7.28. The molecule has 4 heteroatoms. The highest BCUT2D eigenvalue weighted by molar-refractivity contribution is 7.12. The molecule has 0 spiro atoms. The predicted molar refractivity (Wildman–Crippen MR) is 81.0 cm³/mol. The van der Waals surface area contributed by atoms with E-state index in [0.29, 0.717) is 6.42 Å². The quantitative estimate of drug-likeness (QED) is 0.799. The third-order valence-electron chi connectivity index (χ3n) is 3.86. The van der Waals surface area contributed by atoms with E-state index in [9.17, 15) is 0 Å². The van der Waals surface area contributed by atoms with Crippen molar-refractivity contribution in [3.05, 3.63) is 51.5 Å². The van der Waals surface area contributed by atoms with Gasteiger partial charge in [-0.15, -0.1) is 11.3 Å². The molecule has 0 saturated heterocycles. The minimum Gasteiger partial charge on any atom is -0.441 e. The molecule has 0 fully saturated rings. The van der Waals surface area contributed by atoms with Crippen molar-refractivity contribution in [2.24, 2.45) is 5.73 Å². The Morgan fingerprint density at radius 2 is 2.20 bits per heavy atom. The molecule has 0 aliphatic heterocycles. The Balaban J connectivity index is 1.57. The van der Waals surface area contributed by atoms with Crippen LogP contribution in [0.3, 0.4) is 0 Å². The number of oxazole rings is 1. The van der Waals surface area contributed by atoms with Crippen molar-refractivity contribution < 1.29 is 4.42 Å². The second-order valence-corrected chi connectivity index (χ2v) is 6.51. The fraction of sp³-hybridized carbons (Fsp3) is 0.312. The van der Waals surface area contributed by atoms with Crippen LogP contribution in [-0.4, -0.2) is 4.98 Å². The van der Waals surface area contributed by atoms with E-state index in [1.165, 1.54) is 34.6 Å². The molecule has 2 N–H and O–H groups in total. The van der Waals surface area contributed by atoms with Crippen molar-refractivity contribution in [1.82, 2.24) is 4.98 Å². The number of fused-ring (bicyclic) bond motifs is 2. The van der Waals surface area contributed by atoms with Crippen LogP contribution in [0.4, 0.5) is 0 Å². The minimum atomic E-state index is -0.0151. The van der Waals surface area contributed by atoms with E-state index in [0.717, 1.165) is 17.0 Å². The second-order valence-electron chi connectivity index (χ2n) is 5.34. The maximum atomic E-state index is 6.32. The molecule has 1 aliphatic carbocycles. The van der Waals surface area contributed by atoms with E-state index in [1.54, 1.807) is 0 Å². The maximum absolute atomic E-state index is 6.32. The fourth-order valence-electron chi connectivity index (χ4n) is 2.83. The molecule has 3 aromatic rings. The first kappa shape index (κ1) is 12.1. The molecular formula is C16H16N2OS. The number of rotatable bonds is 3. The van der Waals surface area contributed by atoms with E-state index in [4.69, 9.17) is 10.2 Å². The van der Waals surface area contributed by atoms with Gasteiger partial charge in [0, 0.05) is 22.2 Å². The highest BCUT2D eigenvalue weighted by Gasteiger charge is 2.19. The van der Waals surface area contributed by atoms with Gasteiger partial charge < -0.3 is 10.2 Å². The Kier molecular flexibility index (Phi) is 2.86. The number of para-hydroxylation sites is 2. The summed E-state index contributed by atoms with van der Waals surface area (Å²) in [5.41, 5.74) is 9.56. The van der Waals surface area contributed by atoms with E-state index in [2.05, 4.69) is 11.1 Å². The lowest BCUT2D eigenvalue weighted by Gasteiger charge is -2.06. The normalized spacial score (nSPS) is 15.7. The van der Waals surface area contributed by atoms with Crippen LogP contribution in [0.1, 0.15) is 33.7 Å². The van der Waals surface area contributed by atoms with Gasteiger partial charge in [-0.1, -0.05) is 12.1 Å². The van der Waals surface area contributed by atoms with Gasteiger partial charge in [0.2, 0.25) is 0 Å². The summed E-state index contributed by atoms with van der Waals surface area (Å²) in [6.07, 6.45) is 4.38. The molecule has 20 heavy (non-hydrogen) atoms. The van der Waals surface area contributed by atoms with Crippen LogP contribution in [0.2, 0.25) is 0 Å². The van der Waals surface area contributed by atoms with Gasteiger partial charge in [0.15, 0.2) is 11.5 Å². The zero-order valence-electron chi connectivity index (χ0n) is 11.1. The topological polar surface area (TPSA) is 52.0 Å². The molecule has 102 valence electrons. The van der Waals surface area contributed by atoms with Crippen molar-refractivity contribution in [1.29, 1.82) is 0 Å². The molecule has 3 nitrogen and oxygen atoms in total. The SMILES string of the molecule is NC(Cc1nc2ccccc2o1)c1cc2c(s1)CCC2. The van der Waals surface area contributed by atoms with Gasteiger partial charge in [-0.05, 0) is 43.0 Å². The number of thiophene rings is 1. The first-order chi connectivity index (χ1) is 9.79. The first-order valence-corrected chi connectivity index (χ1v) is 7.83. The summed E-state index contributed by atoms with van der Waals surface area (Å²) in [5, 5.41) is 0. The molecule has 2 aromatic heterocycles. The van der Waals surface area contributed by atoms with Crippen LogP contribution in [0, 0.1) is 0 Å². The number of hydrogen-bond acceptors (Lipinski definition) is 4. The smallest absolute Gasteiger partial charge is 0.197 e. The van der Waals surface area contributed by atoms with Crippen LogP contribution in [-0.2, 0) is 19.3 Å². The van der Waals surface area contributed by atoms with Crippen LogP contribution < -0.4 is 5.73 Å². The molecule has 0 saturated carbocycles. The maximum Gasteiger partial charge on any atom is 0.197 e. The molecule has 1 aliphatic rings. The number of aromatic nitrogens is 1. The summed E-state index contributed by atoms with van der Waals surface area (Å²) in [5.74, 6) is 0.729. The summed E-state index contributed by atoms with van der Waals surface area (Å²) in [7, 11) is 0. The zero-order valence-corrected chi connectivity index (χ0v) is 12.0. The van der Waals surface area contributed by atoms with Crippen molar-refractivity contribution >= 4 is 22.4 Å². The molecule has 0 bridgehead atoms. The van der Waals surface area contributed by atoms with Crippen molar-refractivity contribution in [2.75, 3.05) is 0 Å². The Bertz CT molecular complexity index is 704. The molecule has 1 unspecified atom stereocenters. The lowest BCUT2D eigenvalue weighted by Crippen LogP contribution is -2.12. The highest BCUT2D eigenvalue weighted by Crippen LogP contribution is 2.34. The standard InChI is InChI=1S/C16H16N2OS/c17-11(15-8-10-4-3-7-14(10)20-15)9-16-18-12-5-1-2-6-13(12)19-16/h1-2,5-6,8,11H,3-4,7,9,17H2. The molecule has 0 amide bonds. The lowest BCUT2D eigenvalue weighted by molar-refractivity contribution is 0.504. The van der Waals surface area contributed by atoms with Crippen molar-refractivity contribution in [3.8, 4) is 0 Å². The summed E-state index contributed by atoms with van der Waals surface area (Å²) < 4.78 is 5.75. The van der Waals surface area contributed by atoms with Crippen LogP contribution in [0.25, 0.3) is 11.1 Å². The van der Waals surface area contributed by atoms with E-state index >= 15 is 0 Å². The lowest BCUT2D eigenvalue weighted by atomic mass is 10.1. The Morgan fingerprint density at radius 3 is 3.05 bits per heavy atom. The second kappa shape index (κ2) is 4.72. The van der Waals surface area contributed by atoms with Crippen LogP contribution in [0.5, 0.6) is 0 Å². The predicted octanol–water partition coefficient (Wildman–Crippen LogP) is 3.62.